The van der Waals surface area contributed by atoms with Crippen molar-refractivity contribution in [3.8, 4) is 0 Å². The average Bonchev–Trinajstić information content (AvgIpc) is 2.85. The Morgan fingerprint density at radius 3 is 2.79 bits per heavy atom. The highest BCUT2D eigenvalue weighted by atomic mass is 16.2. The van der Waals surface area contributed by atoms with Gasteiger partial charge in [0.05, 0.1) is 12.6 Å². The van der Waals surface area contributed by atoms with Gasteiger partial charge in [0, 0.05) is 12.1 Å². The summed E-state index contributed by atoms with van der Waals surface area (Å²) in [4.78, 5) is 11.9. The lowest BCUT2D eigenvalue weighted by molar-refractivity contribution is -0.121. The molecule has 1 aromatic carbocycles. The number of rotatable bonds is 5. The summed E-state index contributed by atoms with van der Waals surface area (Å²) < 4.78 is 0. The van der Waals surface area contributed by atoms with Crippen LogP contribution in [0, 0.1) is 0 Å². The van der Waals surface area contributed by atoms with Gasteiger partial charge in [0.2, 0.25) is 5.91 Å². The van der Waals surface area contributed by atoms with Gasteiger partial charge in [-0.25, -0.2) is 0 Å². The molecule has 1 heterocycles. The summed E-state index contributed by atoms with van der Waals surface area (Å²) in [6.07, 6.45) is 1.06. The SMILES string of the molecule is CC(NC(=O)CNC1(C)CCNC1)c1ccccc1. The second-order valence-electron chi connectivity index (χ2n) is 5.54. The van der Waals surface area contributed by atoms with Gasteiger partial charge in [0.25, 0.3) is 0 Å². The molecule has 0 spiro atoms. The molecule has 2 rings (SSSR count). The lowest BCUT2D eigenvalue weighted by atomic mass is 10.0. The van der Waals surface area contributed by atoms with Gasteiger partial charge in [0.15, 0.2) is 0 Å². The molecule has 1 amide bonds. The van der Waals surface area contributed by atoms with E-state index in [2.05, 4.69) is 22.9 Å². The third-order valence-corrected chi connectivity index (χ3v) is 3.72. The van der Waals surface area contributed by atoms with Gasteiger partial charge in [-0.15, -0.1) is 0 Å². The van der Waals surface area contributed by atoms with E-state index in [9.17, 15) is 4.79 Å². The molecule has 2 unspecified atom stereocenters. The summed E-state index contributed by atoms with van der Waals surface area (Å²) in [6.45, 7) is 6.47. The molecule has 1 saturated heterocycles. The van der Waals surface area contributed by atoms with Crippen LogP contribution in [-0.2, 0) is 4.79 Å². The van der Waals surface area contributed by atoms with E-state index in [1.54, 1.807) is 0 Å². The van der Waals surface area contributed by atoms with E-state index in [1.165, 1.54) is 0 Å². The van der Waals surface area contributed by atoms with Gasteiger partial charge in [0.1, 0.15) is 0 Å². The zero-order valence-electron chi connectivity index (χ0n) is 11.7. The highest BCUT2D eigenvalue weighted by Gasteiger charge is 2.28. The zero-order valence-corrected chi connectivity index (χ0v) is 11.7. The Bertz CT molecular complexity index is 413. The topological polar surface area (TPSA) is 53.2 Å². The van der Waals surface area contributed by atoms with E-state index < -0.39 is 0 Å². The van der Waals surface area contributed by atoms with Crippen molar-refractivity contribution in [3.05, 3.63) is 35.9 Å². The van der Waals surface area contributed by atoms with Crippen LogP contribution in [0.4, 0.5) is 0 Å². The molecule has 1 fully saturated rings. The Labute approximate surface area is 115 Å². The number of carbonyl (C=O) groups is 1. The van der Waals surface area contributed by atoms with Crippen molar-refractivity contribution in [3.63, 3.8) is 0 Å². The molecule has 0 aliphatic carbocycles. The largest absolute Gasteiger partial charge is 0.348 e. The van der Waals surface area contributed by atoms with Crippen molar-refractivity contribution in [1.29, 1.82) is 0 Å². The molecule has 3 N–H and O–H groups in total. The molecule has 4 heteroatoms. The van der Waals surface area contributed by atoms with Crippen molar-refractivity contribution < 1.29 is 4.79 Å². The monoisotopic (exact) mass is 261 g/mol. The molecule has 2 atom stereocenters. The molecule has 1 aliphatic rings. The van der Waals surface area contributed by atoms with E-state index in [-0.39, 0.29) is 17.5 Å². The molecule has 0 radical (unpaired) electrons. The van der Waals surface area contributed by atoms with Crippen molar-refractivity contribution >= 4 is 5.91 Å². The second kappa shape index (κ2) is 6.17. The van der Waals surface area contributed by atoms with E-state index in [4.69, 9.17) is 0 Å². The molecule has 4 nitrogen and oxygen atoms in total. The Balaban J connectivity index is 1.78. The standard InChI is InChI=1S/C15H23N3O/c1-12(13-6-4-3-5-7-13)18-14(19)10-17-15(2)8-9-16-11-15/h3-7,12,16-17H,8-11H2,1-2H3,(H,18,19). The number of hydrogen-bond acceptors (Lipinski definition) is 3. The smallest absolute Gasteiger partial charge is 0.234 e. The number of amides is 1. The highest BCUT2D eigenvalue weighted by Crippen LogP contribution is 2.13. The Kier molecular flexibility index (Phi) is 4.56. The maximum absolute atomic E-state index is 11.9. The minimum Gasteiger partial charge on any atom is -0.348 e. The summed E-state index contributed by atoms with van der Waals surface area (Å²) in [7, 11) is 0. The predicted octanol–water partition coefficient (Wildman–Crippen LogP) is 1.21. The normalized spacial score (nSPS) is 24.1. The van der Waals surface area contributed by atoms with Gasteiger partial charge >= 0.3 is 0 Å². The average molecular weight is 261 g/mol. The quantitative estimate of drug-likeness (QED) is 0.746. The molecule has 1 aliphatic heterocycles. The first-order valence-corrected chi connectivity index (χ1v) is 6.89. The molecular formula is C15H23N3O. The Hall–Kier alpha value is -1.39. The van der Waals surface area contributed by atoms with Crippen LogP contribution in [0.15, 0.2) is 30.3 Å². The van der Waals surface area contributed by atoms with E-state index >= 15 is 0 Å². The minimum atomic E-state index is 0.0458. The summed E-state index contributed by atoms with van der Waals surface area (Å²) >= 11 is 0. The summed E-state index contributed by atoms with van der Waals surface area (Å²) in [5, 5.41) is 9.66. The lowest BCUT2D eigenvalue weighted by Gasteiger charge is -2.24. The van der Waals surface area contributed by atoms with Crippen LogP contribution in [0.3, 0.4) is 0 Å². The van der Waals surface area contributed by atoms with Crippen LogP contribution in [-0.4, -0.2) is 31.1 Å². The minimum absolute atomic E-state index is 0.0458. The Morgan fingerprint density at radius 2 is 2.16 bits per heavy atom. The number of hydrogen-bond donors (Lipinski definition) is 3. The third-order valence-electron chi connectivity index (χ3n) is 3.72. The van der Waals surface area contributed by atoms with Crippen molar-refractivity contribution in [2.24, 2.45) is 0 Å². The second-order valence-corrected chi connectivity index (χ2v) is 5.54. The molecule has 1 aromatic rings. The molecule has 0 saturated carbocycles. The van der Waals surface area contributed by atoms with Crippen molar-refractivity contribution in [1.82, 2.24) is 16.0 Å². The summed E-state index contributed by atoms with van der Waals surface area (Å²) in [5.41, 5.74) is 1.18. The van der Waals surface area contributed by atoms with Crippen molar-refractivity contribution in [2.45, 2.75) is 31.8 Å². The molecule has 19 heavy (non-hydrogen) atoms. The number of benzene rings is 1. The fourth-order valence-corrected chi connectivity index (χ4v) is 2.38. The molecule has 104 valence electrons. The van der Waals surface area contributed by atoms with Gasteiger partial charge in [-0.1, -0.05) is 30.3 Å². The van der Waals surface area contributed by atoms with Gasteiger partial charge < -0.3 is 16.0 Å². The van der Waals surface area contributed by atoms with Crippen LogP contribution in [0.1, 0.15) is 31.9 Å². The van der Waals surface area contributed by atoms with Crippen LogP contribution < -0.4 is 16.0 Å². The highest BCUT2D eigenvalue weighted by molar-refractivity contribution is 5.78. The van der Waals surface area contributed by atoms with Crippen molar-refractivity contribution in [2.75, 3.05) is 19.6 Å². The number of nitrogens with one attached hydrogen (secondary N) is 3. The van der Waals surface area contributed by atoms with Crippen LogP contribution in [0.25, 0.3) is 0 Å². The molecule has 0 aromatic heterocycles. The third kappa shape index (κ3) is 4.04. The van der Waals surface area contributed by atoms with E-state index in [0.717, 1.165) is 25.1 Å². The van der Waals surface area contributed by atoms with E-state index in [1.807, 2.05) is 37.3 Å². The zero-order chi connectivity index (χ0) is 13.7. The van der Waals surface area contributed by atoms with Gasteiger partial charge in [-0.2, -0.15) is 0 Å². The molecular weight excluding hydrogens is 238 g/mol. The predicted molar refractivity (Wildman–Crippen MR) is 76.9 cm³/mol. The van der Waals surface area contributed by atoms with Gasteiger partial charge in [-0.05, 0) is 32.4 Å². The maximum atomic E-state index is 11.9. The fourth-order valence-electron chi connectivity index (χ4n) is 2.38. The summed E-state index contributed by atoms with van der Waals surface area (Å²) in [5.74, 6) is 0.0458. The Morgan fingerprint density at radius 1 is 1.42 bits per heavy atom. The van der Waals surface area contributed by atoms with Gasteiger partial charge in [-0.3, -0.25) is 4.79 Å². The van der Waals surface area contributed by atoms with Crippen LogP contribution in [0.5, 0.6) is 0 Å². The van der Waals surface area contributed by atoms with E-state index in [0.29, 0.717) is 6.54 Å². The maximum Gasteiger partial charge on any atom is 0.234 e. The van der Waals surface area contributed by atoms with Crippen LogP contribution >= 0.6 is 0 Å². The molecule has 0 bridgehead atoms. The van der Waals surface area contributed by atoms with Crippen LogP contribution in [0.2, 0.25) is 0 Å². The first-order valence-electron chi connectivity index (χ1n) is 6.89. The first kappa shape index (κ1) is 14.0. The first-order chi connectivity index (χ1) is 9.09. The fraction of sp³-hybridized carbons (Fsp3) is 0.533. The summed E-state index contributed by atoms with van der Waals surface area (Å²) in [6, 6.07) is 10.1. The number of carbonyl (C=O) groups excluding carboxylic acids is 1. The lowest BCUT2D eigenvalue weighted by Crippen LogP contribution is -2.48.